The molecule has 1 aliphatic rings. The van der Waals surface area contributed by atoms with Crippen molar-refractivity contribution in [2.24, 2.45) is 0 Å². The zero-order valence-electron chi connectivity index (χ0n) is 18.9. The number of esters is 1. The highest BCUT2D eigenvalue weighted by Gasteiger charge is 2.20. The van der Waals surface area contributed by atoms with E-state index in [1.54, 1.807) is 0 Å². The highest BCUT2D eigenvalue weighted by molar-refractivity contribution is 6.77. The van der Waals surface area contributed by atoms with Crippen LogP contribution in [0.5, 0.6) is 0 Å². The van der Waals surface area contributed by atoms with Gasteiger partial charge in [0.05, 0.1) is 6.61 Å². The second-order valence-corrected chi connectivity index (χ2v) is 14.6. The van der Waals surface area contributed by atoms with Crippen LogP contribution in [0.1, 0.15) is 77.6 Å². The molecule has 1 aliphatic heterocycles. The maximum absolute atomic E-state index is 12.1. The van der Waals surface area contributed by atoms with Gasteiger partial charge in [0, 0.05) is 26.9 Å². The molecule has 1 fully saturated rings. The molecule has 1 rings (SSSR count). The first-order chi connectivity index (χ1) is 13.4. The van der Waals surface area contributed by atoms with Gasteiger partial charge in [-0.25, -0.2) is 4.79 Å². The topological polar surface area (TPSA) is 44.8 Å². The molecule has 0 aromatic carbocycles. The number of unbranched alkanes of at least 4 members (excludes halogenated alkanes) is 7. The summed E-state index contributed by atoms with van der Waals surface area (Å²) in [4.78, 5) is 12.1. The molecule has 5 heteroatoms. The third kappa shape index (κ3) is 13.5. The van der Waals surface area contributed by atoms with E-state index in [9.17, 15) is 4.79 Å². The van der Waals surface area contributed by atoms with Crippen molar-refractivity contribution >= 4 is 14.0 Å². The molecule has 0 aromatic heterocycles. The molecule has 0 aliphatic carbocycles. The molecule has 1 heterocycles. The Kier molecular flexibility index (Phi) is 13.8. The number of ether oxygens (including phenoxy) is 3. The minimum Gasteiger partial charge on any atom is -0.463 e. The molecular weight excluding hydrogens is 368 g/mol. The Morgan fingerprint density at radius 1 is 1.04 bits per heavy atom. The van der Waals surface area contributed by atoms with Crippen molar-refractivity contribution in [3.63, 3.8) is 0 Å². The fraction of sp³-hybridized carbons (Fsp3) is 0.870. The van der Waals surface area contributed by atoms with Crippen LogP contribution in [0.2, 0.25) is 25.7 Å². The summed E-state index contributed by atoms with van der Waals surface area (Å²) < 4.78 is 16.6. The van der Waals surface area contributed by atoms with Crippen LogP contribution in [0.3, 0.4) is 0 Å². The lowest BCUT2D eigenvalue weighted by molar-refractivity contribution is -0.162. The Bertz CT molecular complexity index is 436. The molecule has 4 nitrogen and oxygen atoms in total. The minimum absolute atomic E-state index is 0.0576. The average Bonchev–Trinajstić information content (AvgIpc) is 2.65. The van der Waals surface area contributed by atoms with Crippen molar-refractivity contribution in [2.45, 2.75) is 110 Å². The van der Waals surface area contributed by atoms with Gasteiger partial charge < -0.3 is 14.2 Å². The van der Waals surface area contributed by atoms with Crippen molar-refractivity contribution in [3.8, 4) is 0 Å². The molecule has 1 unspecified atom stereocenters. The summed E-state index contributed by atoms with van der Waals surface area (Å²) in [5.41, 5.74) is 0.906. The highest BCUT2D eigenvalue weighted by atomic mass is 28.3. The molecule has 0 saturated carbocycles. The molecule has 1 atom stereocenters. The smallest absolute Gasteiger partial charge is 0.333 e. The first kappa shape index (κ1) is 25.4. The Morgan fingerprint density at radius 2 is 1.71 bits per heavy atom. The van der Waals surface area contributed by atoms with Crippen LogP contribution < -0.4 is 0 Å². The number of rotatable bonds is 15. The van der Waals surface area contributed by atoms with Crippen molar-refractivity contribution in [2.75, 3.05) is 19.8 Å². The molecule has 0 radical (unpaired) electrons. The Morgan fingerprint density at radius 3 is 2.32 bits per heavy atom. The predicted molar refractivity (Wildman–Crippen MR) is 119 cm³/mol. The van der Waals surface area contributed by atoms with Gasteiger partial charge in [-0.05, 0) is 51.5 Å². The largest absolute Gasteiger partial charge is 0.463 e. The second kappa shape index (κ2) is 15.2. The number of hydrogen-bond acceptors (Lipinski definition) is 4. The Balaban J connectivity index is 2.03. The van der Waals surface area contributed by atoms with E-state index in [2.05, 4.69) is 25.7 Å². The summed E-state index contributed by atoms with van der Waals surface area (Å²) in [5, 5.41) is 0. The van der Waals surface area contributed by atoms with Gasteiger partial charge in [-0.3, -0.25) is 0 Å². The van der Waals surface area contributed by atoms with Crippen LogP contribution in [0.25, 0.3) is 0 Å². The van der Waals surface area contributed by atoms with Crippen LogP contribution in [0.4, 0.5) is 0 Å². The number of carbonyl (C=O) groups excluding carboxylic acids is 1. The molecule has 28 heavy (non-hydrogen) atoms. The minimum atomic E-state index is -1.31. The van der Waals surface area contributed by atoms with Crippen molar-refractivity contribution in [3.05, 3.63) is 11.6 Å². The number of allylic oxidation sites excluding steroid dienone is 1. The van der Waals surface area contributed by atoms with Crippen LogP contribution in [-0.2, 0) is 19.0 Å². The third-order valence-corrected chi connectivity index (χ3v) is 6.38. The van der Waals surface area contributed by atoms with Gasteiger partial charge in [0.1, 0.15) is 0 Å². The summed E-state index contributed by atoms with van der Waals surface area (Å²) in [6.07, 6.45) is 15.3. The molecular formula is C23H44O4Si. The zero-order chi connectivity index (χ0) is 20.7. The Labute approximate surface area is 174 Å². The fourth-order valence-corrected chi connectivity index (χ4v) is 4.92. The van der Waals surface area contributed by atoms with E-state index in [1.165, 1.54) is 44.9 Å². The molecule has 164 valence electrons. The molecule has 0 aromatic rings. The standard InChI is InChI=1S/C23H44O4Si/c1-5-25-23(24)21(20-28(2,3)4)16-12-10-8-6-7-9-11-14-18-26-22-17-13-15-19-27-22/h16,22H,5-15,17-20H2,1-4H3/b21-16+. The van der Waals surface area contributed by atoms with Crippen LogP contribution in [0.15, 0.2) is 11.6 Å². The van der Waals surface area contributed by atoms with Gasteiger partial charge in [-0.1, -0.05) is 57.8 Å². The zero-order valence-corrected chi connectivity index (χ0v) is 19.9. The molecule has 1 saturated heterocycles. The fourth-order valence-electron chi connectivity index (χ4n) is 3.49. The second-order valence-electron chi connectivity index (χ2n) is 9.12. The molecule has 0 bridgehead atoms. The van der Waals surface area contributed by atoms with E-state index in [-0.39, 0.29) is 12.3 Å². The van der Waals surface area contributed by atoms with E-state index in [1.807, 2.05) is 6.92 Å². The molecule has 0 spiro atoms. The van der Waals surface area contributed by atoms with E-state index in [0.29, 0.717) is 6.61 Å². The summed E-state index contributed by atoms with van der Waals surface area (Å²) in [6, 6.07) is 0.916. The predicted octanol–water partition coefficient (Wildman–Crippen LogP) is 6.48. The highest BCUT2D eigenvalue weighted by Crippen LogP contribution is 2.19. The van der Waals surface area contributed by atoms with Crippen LogP contribution in [0, 0.1) is 0 Å². The molecule has 0 amide bonds. The lowest BCUT2D eigenvalue weighted by atomic mass is 10.1. The lowest BCUT2D eigenvalue weighted by Crippen LogP contribution is -2.23. The van der Waals surface area contributed by atoms with E-state index in [0.717, 1.165) is 50.5 Å². The van der Waals surface area contributed by atoms with Gasteiger partial charge in [-0.15, -0.1) is 0 Å². The summed E-state index contributed by atoms with van der Waals surface area (Å²) in [5.74, 6) is -0.106. The quantitative estimate of drug-likeness (QED) is 0.134. The summed E-state index contributed by atoms with van der Waals surface area (Å²) in [6.45, 7) is 10.9. The lowest BCUT2D eigenvalue weighted by Gasteiger charge is -2.22. The van der Waals surface area contributed by atoms with Crippen LogP contribution >= 0.6 is 0 Å². The van der Waals surface area contributed by atoms with Crippen molar-refractivity contribution in [1.82, 2.24) is 0 Å². The van der Waals surface area contributed by atoms with Gasteiger partial charge >= 0.3 is 5.97 Å². The number of hydrogen-bond donors (Lipinski definition) is 0. The van der Waals surface area contributed by atoms with Gasteiger partial charge in [0.15, 0.2) is 6.29 Å². The van der Waals surface area contributed by atoms with Crippen LogP contribution in [-0.4, -0.2) is 40.2 Å². The van der Waals surface area contributed by atoms with Crippen molar-refractivity contribution in [1.29, 1.82) is 0 Å². The summed E-state index contributed by atoms with van der Waals surface area (Å²) >= 11 is 0. The monoisotopic (exact) mass is 412 g/mol. The van der Waals surface area contributed by atoms with E-state index < -0.39 is 8.07 Å². The SMILES string of the molecule is CCOC(=O)/C(=C/CCCCCCCCCOC1CCCCO1)C[Si](C)(C)C. The first-order valence-corrected chi connectivity index (χ1v) is 15.2. The van der Waals surface area contributed by atoms with Gasteiger partial charge in [0.2, 0.25) is 0 Å². The maximum atomic E-state index is 12.1. The van der Waals surface area contributed by atoms with Gasteiger partial charge in [0.25, 0.3) is 0 Å². The van der Waals surface area contributed by atoms with E-state index in [4.69, 9.17) is 14.2 Å². The first-order valence-electron chi connectivity index (χ1n) is 11.5. The summed E-state index contributed by atoms with van der Waals surface area (Å²) in [7, 11) is -1.31. The third-order valence-electron chi connectivity index (χ3n) is 4.94. The Hall–Kier alpha value is -0.653. The molecule has 0 N–H and O–H groups in total. The number of carbonyl (C=O) groups is 1. The average molecular weight is 413 g/mol. The van der Waals surface area contributed by atoms with Crippen molar-refractivity contribution < 1.29 is 19.0 Å². The van der Waals surface area contributed by atoms with E-state index >= 15 is 0 Å². The van der Waals surface area contributed by atoms with Gasteiger partial charge in [-0.2, -0.15) is 0 Å². The maximum Gasteiger partial charge on any atom is 0.333 e. The normalized spacial score (nSPS) is 18.3.